The van der Waals surface area contributed by atoms with Crippen LogP contribution in [-0.4, -0.2) is 37.4 Å². The quantitative estimate of drug-likeness (QED) is 0.493. The van der Waals surface area contributed by atoms with E-state index in [-0.39, 0.29) is 18.2 Å². The first-order valence-electron chi connectivity index (χ1n) is 5.49. The summed E-state index contributed by atoms with van der Waals surface area (Å²) in [6, 6.07) is 3.30. The summed E-state index contributed by atoms with van der Waals surface area (Å²) >= 11 is 6.39. The van der Waals surface area contributed by atoms with Crippen LogP contribution in [0.15, 0.2) is 26.2 Å². The third-order valence-electron chi connectivity index (χ3n) is 2.20. The summed E-state index contributed by atoms with van der Waals surface area (Å²) in [5.74, 6) is -0.350. The molecule has 1 aromatic carbocycles. The molecule has 1 aromatic heterocycles. The van der Waals surface area contributed by atoms with Gasteiger partial charge in [-0.25, -0.2) is 5.43 Å². The Morgan fingerprint density at radius 2 is 2.14 bits per heavy atom. The number of carbonyl (C=O) groups is 1. The third-order valence-corrected chi connectivity index (χ3v) is 3.40. The lowest BCUT2D eigenvalue weighted by molar-refractivity contribution is -0.122. The standard InChI is InChI=1S/C10H9Br2N7O2/c11-6-1-5(2-7(12)9(6)21)3-14-15-8(20)4-19-17-10(13)16-18-19/h1-3,21H,4H2,(H2,13,17)(H,15,20). The zero-order valence-corrected chi connectivity index (χ0v) is 13.5. The molecule has 0 unspecified atom stereocenters. The Bertz CT molecular complexity index is 677. The lowest BCUT2D eigenvalue weighted by atomic mass is 10.2. The number of tetrazole rings is 1. The van der Waals surface area contributed by atoms with Gasteiger partial charge in [-0.3, -0.25) is 4.79 Å². The largest absolute Gasteiger partial charge is 0.506 e. The maximum atomic E-state index is 11.5. The van der Waals surface area contributed by atoms with Gasteiger partial charge in [0.15, 0.2) is 0 Å². The molecule has 0 radical (unpaired) electrons. The maximum absolute atomic E-state index is 11.5. The molecule has 0 saturated carbocycles. The minimum Gasteiger partial charge on any atom is -0.506 e. The van der Waals surface area contributed by atoms with Crippen LogP contribution in [0.1, 0.15) is 5.56 Å². The average molecular weight is 419 g/mol. The first kappa shape index (κ1) is 15.4. The Balaban J connectivity index is 1.94. The van der Waals surface area contributed by atoms with Gasteiger partial charge in [0.25, 0.3) is 11.9 Å². The molecule has 0 aliphatic carbocycles. The highest BCUT2D eigenvalue weighted by Crippen LogP contribution is 2.32. The number of aromatic hydroxyl groups is 1. The van der Waals surface area contributed by atoms with E-state index < -0.39 is 5.91 Å². The number of hydrogen-bond donors (Lipinski definition) is 3. The fraction of sp³-hybridized carbons (Fsp3) is 0.100. The van der Waals surface area contributed by atoms with Gasteiger partial charge >= 0.3 is 0 Å². The fourth-order valence-corrected chi connectivity index (χ4v) is 2.55. The van der Waals surface area contributed by atoms with Crippen LogP contribution in [0.5, 0.6) is 5.75 Å². The third kappa shape index (κ3) is 4.23. The van der Waals surface area contributed by atoms with Crippen molar-refractivity contribution in [3.63, 3.8) is 0 Å². The molecule has 0 fully saturated rings. The minimum atomic E-state index is -0.430. The van der Waals surface area contributed by atoms with Gasteiger partial charge in [-0.1, -0.05) is 5.10 Å². The van der Waals surface area contributed by atoms with Crippen molar-refractivity contribution >= 4 is 49.9 Å². The fourth-order valence-electron chi connectivity index (χ4n) is 1.32. The second-order valence-corrected chi connectivity index (χ2v) is 5.51. The Morgan fingerprint density at radius 3 is 2.71 bits per heavy atom. The summed E-state index contributed by atoms with van der Waals surface area (Å²) < 4.78 is 1.01. The van der Waals surface area contributed by atoms with E-state index >= 15 is 0 Å². The summed E-state index contributed by atoms with van der Waals surface area (Å²) in [7, 11) is 0. The number of phenolic OH excluding ortho intramolecular Hbond substituents is 1. The molecule has 21 heavy (non-hydrogen) atoms. The van der Waals surface area contributed by atoms with Crippen molar-refractivity contribution in [3.05, 3.63) is 26.6 Å². The van der Waals surface area contributed by atoms with Crippen molar-refractivity contribution in [1.29, 1.82) is 0 Å². The lowest BCUT2D eigenvalue weighted by Crippen LogP contribution is -2.24. The predicted molar refractivity (Wildman–Crippen MR) is 81.5 cm³/mol. The molecule has 0 saturated heterocycles. The van der Waals surface area contributed by atoms with Crippen molar-refractivity contribution in [2.45, 2.75) is 6.54 Å². The van der Waals surface area contributed by atoms with Crippen LogP contribution < -0.4 is 11.2 Å². The molecule has 0 aliphatic heterocycles. The number of phenols is 1. The van der Waals surface area contributed by atoms with Gasteiger partial charge in [0.1, 0.15) is 12.3 Å². The normalized spacial score (nSPS) is 11.0. The Hall–Kier alpha value is -2.01. The zero-order valence-electron chi connectivity index (χ0n) is 10.4. The maximum Gasteiger partial charge on any atom is 0.263 e. The molecule has 0 spiro atoms. The number of nitrogen functional groups attached to an aromatic ring is 1. The van der Waals surface area contributed by atoms with Crippen LogP contribution in [0.3, 0.4) is 0 Å². The zero-order chi connectivity index (χ0) is 15.4. The smallest absolute Gasteiger partial charge is 0.263 e. The van der Waals surface area contributed by atoms with Gasteiger partial charge in [-0.2, -0.15) is 9.90 Å². The molecule has 1 amide bonds. The number of amides is 1. The second kappa shape index (κ2) is 6.63. The molecular formula is C10H9Br2N7O2. The molecule has 0 bridgehead atoms. The highest BCUT2D eigenvalue weighted by atomic mass is 79.9. The summed E-state index contributed by atoms with van der Waals surface area (Å²) in [6.07, 6.45) is 1.43. The van der Waals surface area contributed by atoms with E-state index in [2.05, 4.69) is 57.8 Å². The van der Waals surface area contributed by atoms with Gasteiger partial charge in [0.05, 0.1) is 15.2 Å². The van der Waals surface area contributed by atoms with Crippen LogP contribution in [0.25, 0.3) is 0 Å². The average Bonchev–Trinajstić information content (AvgIpc) is 2.81. The SMILES string of the molecule is Nc1nnn(CC(=O)NN=Cc2cc(Br)c(O)c(Br)c2)n1. The lowest BCUT2D eigenvalue weighted by Gasteiger charge is -2.02. The first-order valence-corrected chi connectivity index (χ1v) is 7.07. The summed E-state index contributed by atoms with van der Waals surface area (Å²) in [4.78, 5) is 12.6. The van der Waals surface area contributed by atoms with E-state index in [1.807, 2.05) is 0 Å². The number of benzene rings is 1. The van der Waals surface area contributed by atoms with E-state index in [9.17, 15) is 9.90 Å². The molecule has 9 nitrogen and oxygen atoms in total. The number of nitrogens with one attached hydrogen (secondary N) is 1. The Labute approximate surface area is 135 Å². The Kier molecular flexibility index (Phi) is 4.85. The monoisotopic (exact) mass is 417 g/mol. The molecular weight excluding hydrogens is 410 g/mol. The molecule has 110 valence electrons. The van der Waals surface area contributed by atoms with Gasteiger partial charge < -0.3 is 10.8 Å². The van der Waals surface area contributed by atoms with E-state index in [1.165, 1.54) is 6.21 Å². The number of aromatic nitrogens is 4. The molecule has 4 N–H and O–H groups in total. The summed E-state index contributed by atoms with van der Waals surface area (Å²) in [5.41, 5.74) is 8.26. The van der Waals surface area contributed by atoms with E-state index in [1.54, 1.807) is 12.1 Å². The van der Waals surface area contributed by atoms with Crippen LogP contribution in [0.4, 0.5) is 5.95 Å². The van der Waals surface area contributed by atoms with Crippen molar-refractivity contribution < 1.29 is 9.90 Å². The highest BCUT2D eigenvalue weighted by Gasteiger charge is 2.06. The molecule has 2 aromatic rings. The van der Waals surface area contributed by atoms with Crippen LogP contribution >= 0.6 is 31.9 Å². The van der Waals surface area contributed by atoms with Crippen molar-refractivity contribution in [2.75, 3.05) is 5.73 Å². The minimum absolute atomic E-state index is 0.00917. The van der Waals surface area contributed by atoms with Gasteiger partial charge in [0.2, 0.25) is 0 Å². The molecule has 0 atom stereocenters. The molecule has 2 rings (SSSR count). The van der Waals surface area contributed by atoms with Crippen LogP contribution in [0.2, 0.25) is 0 Å². The topological polar surface area (TPSA) is 131 Å². The first-order chi connectivity index (χ1) is 9.95. The van der Waals surface area contributed by atoms with E-state index in [0.717, 1.165) is 4.80 Å². The van der Waals surface area contributed by atoms with Gasteiger partial charge in [0, 0.05) is 0 Å². The summed E-state index contributed by atoms with van der Waals surface area (Å²) in [6.45, 7) is -0.148. The number of hydrogen-bond acceptors (Lipinski definition) is 7. The van der Waals surface area contributed by atoms with Crippen LogP contribution in [-0.2, 0) is 11.3 Å². The van der Waals surface area contributed by atoms with Crippen LogP contribution in [0, 0.1) is 0 Å². The number of hydrazone groups is 1. The number of carbonyl (C=O) groups excluding carboxylic acids is 1. The molecule has 0 aliphatic rings. The van der Waals surface area contributed by atoms with Crippen molar-refractivity contribution in [3.8, 4) is 5.75 Å². The number of anilines is 1. The van der Waals surface area contributed by atoms with E-state index in [0.29, 0.717) is 14.5 Å². The predicted octanol–water partition coefficient (Wildman–Crippen LogP) is 0.636. The van der Waals surface area contributed by atoms with E-state index in [4.69, 9.17) is 5.73 Å². The second-order valence-electron chi connectivity index (χ2n) is 3.80. The van der Waals surface area contributed by atoms with Gasteiger partial charge in [-0.15, -0.1) is 5.10 Å². The summed E-state index contributed by atoms with van der Waals surface area (Å²) in [5, 5.41) is 24.0. The van der Waals surface area contributed by atoms with Crippen molar-refractivity contribution in [2.24, 2.45) is 5.10 Å². The van der Waals surface area contributed by atoms with Gasteiger partial charge in [-0.05, 0) is 54.8 Å². The molecule has 11 heteroatoms. The number of halogens is 2. The number of nitrogens with zero attached hydrogens (tertiary/aromatic N) is 5. The Morgan fingerprint density at radius 1 is 1.48 bits per heavy atom. The number of rotatable bonds is 4. The molecule has 1 heterocycles. The number of nitrogens with two attached hydrogens (primary N) is 1. The van der Waals surface area contributed by atoms with Crippen molar-refractivity contribution in [1.82, 2.24) is 25.6 Å². The highest BCUT2D eigenvalue weighted by molar-refractivity contribution is 9.11.